The maximum Gasteiger partial charge on any atom is 0.221 e. The molecule has 2 aromatic rings. The van der Waals surface area contributed by atoms with Crippen LogP contribution in [0.3, 0.4) is 0 Å². The van der Waals surface area contributed by atoms with Gasteiger partial charge < -0.3 is 27.5 Å². The van der Waals surface area contributed by atoms with Crippen molar-refractivity contribution in [2.24, 2.45) is 0 Å². The zero-order chi connectivity index (χ0) is 24.8. The fourth-order valence-corrected chi connectivity index (χ4v) is 4.16. The van der Waals surface area contributed by atoms with E-state index in [2.05, 4.69) is 100 Å². The van der Waals surface area contributed by atoms with E-state index in [4.69, 9.17) is 0 Å². The lowest BCUT2D eigenvalue weighted by atomic mass is 9.89. The summed E-state index contributed by atoms with van der Waals surface area (Å²) >= 11 is 0. The van der Waals surface area contributed by atoms with Crippen molar-refractivity contribution in [3.05, 3.63) is 83.5 Å². The molecule has 186 valence electrons. The number of halogens is 1. The molecule has 35 heavy (non-hydrogen) atoms. The molecule has 0 spiro atoms. The first-order valence-electron chi connectivity index (χ1n) is 11.8. The van der Waals surface area contributed by atoms with Crippen LogP contribution in [0.25, 0.3) is 5.57 Å². The number of nitrogens with zero attached hydrogens (tertiary/aromatic N) is 3. The highest BCUT2D eigenvalue weighted by Gasteiger charge is 2.18. The lowest BCUT2D eigenvalue weighted by Gasteiger charge is -2.24. The van der Waals surface area contributed by atoms with Gasteiger partial charge in [-0.1, -0.05) is 18.2 Å². The van der Waals surface area contributed by atoms with Crippen LogP contribution < -0.4 is 27.5 Å². The Morgan fingerprint density at radius 2 is 1.46 bits per heavy atom. The van der Waals surface area contributed by atoms with E-state index in [0.29, 0.717) is 0 Å². The fraction of sp³-hybridized carbons (Fsp3) is 0.310. The normalized spacial score (nSPS) is 12.2. The van der Waals surface area contributed by atoms with E-state index in [0.717, 1.165) is 58.1 Å². The zero-order valence-electron chi connectivity index (χ0n) is 21.9. The molecular formula is C29H37ClN4O. The van der Waals surface area contributed by atoms with Crippen LogP contribution in [0.2, 0.25) is 0 Å². The number of anilines is 3. The summed E-state index contributed by atoms with van der Waals surface area (Å²) in [4.78, 5) is 16.6. The van der Waals surface area contributed by atoms with Gasteiger partial charge in [-0.25, -0.2) is 4.58 Å². The molecule has 0 aliphatic heterocycles. The van der Waals surface area contributed by atoms with Crippen LogP contribution in [0.4, 0.5) is 17.1 Å². The van der Waals surface area contributed by atoms with Crippen molar-refractivity contribution in [2.45, 2.75) is 20.8 Å². The molecule has 0 saturated carbocycles. The molecule has 0 unspecified atom stereocenters. The number of amides is 1. The summed E-state index contributed by atoms with van der Waals surface area (Å²) < 4.78 is 2.09. The Kier molecular flexibility index (Phi) is 9.90. The highest BCUT2D eigenvalue weighted by molar-refractivity contribution is 6.05. The van der Waals surface area contributed by atoms with Crippen LogP contribution >= 0.6 is 0 Å². The second kappa shape index (κ2) is 12.4. The number of hydrogen-bond acceptors (Lipinski definition) is 3. The van der Waals surface area contributed by atoms with Gasteiger partial charge in [0.15, 0.2) is 5.71 Å². The number of nitrogens with one attached hydrogen (secondary N) is 1. The molecule has 0 aromatic heterocycles. The van der Waals surface area contributed by atoms with E-state index in [9.17, 15) is 4.79 Å². The summed E-state index contributed by atoms with van der Waals surface area (Å²) in [6, 6.07) is 14.9. The molecule has 1 aliphatic rings. The summed E-state index contributed by atoms with van der Waals surface area (Å²) in [6.45, 7) is 7.66. The van der Waals surface area contributed by atoms with Crippen molar-refractivity contribution < 1.29 is 21.8 Å². The molecule has 0 radical (unpaired) electrons. The van der Waals surface area contributed by atoms with Crippen molar-refractivity contribution in [3.8, 4) is 0 Å². The summed E-state index contributed by atoms with van der Waals surface area (Å²) in [5.74, 6) is -0.0804. The Balaban J connectivity index is 0.00000432. The maximum absolute atomic E-state index is 12.2. The summed E-state index contributed by atoms with van der Waals surface area (Å²) in [5, 5.41) is 3.09. The number of carbonyl (C=O) groups is 1. The second-order valence-electron chi connectivity index (χ2n) is 8.84. The van der Waals surface area contributed by atoms with Gasteiger partial charge in [0, 0.05) is 63.2 Å². The molecule has 1 aliphatic carbocycles. The Bertz CT molecular complexity index is 1150. The van der Waals surface area contributed by atoms with Gasteiger partial charge >= 0.3 is 0 Å². The summed E-state index contributed by atoms with van der Waals surface area (Å²) in [6.07, 6.45) is 8.57. The first kappa shape index (κ1) is 27.9. The predicted octanol–water partition coefficient (Wildman–Crippen LogP) is 2.20. The molecular weight excluding hydrogens is 456 g/mol. The lowest BCUT2D eigenvalue weighted by Crippen LogP contribution is -3.00. The Morgan fingerprint density at radius 3 is 1.94 bits per heavy atom. The standard InChI is InChI=1S/C29H36N4O.ClH/c1-8-33(9-2)26-18-19-27(28(20-26)30-21(3)34)29(22-10-14-24(15-11-22)31(4)5)23-12-16-25(17-13-23)32(6)7;/h10-20H,8-9H2,1-7H3;1H. The highest BCUT2D eigenvalue weighted by atomic mass is 35.5. The SMILES string of the molecule is CCN(CC)c1ccc(C(=C2C=CC(=[N+](C)C)C=C2)c2ccc(N(C)C)cc2)c(NC(C)=O)c1.[Cl-]. The third-order valence-corrected chi connectivity index (χ3v) is 6.06. The maximum atomic E-state index is 12.2. The van der Waals surface area contributed by atoms with E-state index in [1.54, 1.807) is 6.92 Å². The van der Waals surface area contributed by atoms with E-state index < -0.39 is 0 Å². The monoisotopic (exact) mass is 492 g/mol. The van der Waals surface area contributed by atoms with E-state index in [1.807, 2.05) is 28.2 Å². The van der Waals surface area contributed by atoms with Gasteiger partial charge in [0.05, 0.1) is 5.69 Å². The third kappa shape index (κ3) is 6.64. The zero-order valence-corrected chi connectivity index (χ0v) is 22.6. The molecule has 0 fully saturated rings. The molecule has 6 heteroatoms. The lowest BCUT2D eigenvalue weighted by molar-refractivity contribution is -0.462. The van der Waals surface area contributed by atoms with Gasteiger partial charge in [-0.2, -0.15) is 0 Å². The topological polar surface area (TPSA) is 38.6 Å². The van der Waals surface area contributed by atoms with Crippen molar-refractivity contribution in [1.29, 1.82) is 0 Å². The Hall–Kier alpha value is -3.31. The van der Waals surface area contributed by atoms with Crippen molar-refractivity contribution in [3.63, 3.8) is 0 Å². The Morgan fingerprint density at radius 1 is 0.886 bits per heavy atom. The largest absolute Gasteiger partial charge is 1.00 e. The van der Waals surface area contributed by atoms with Crippen molar-refractivity contribution in [2.75, 3.05) is 56.4 Å². The van der Waals surface area contributed by atoms with E-state index >= 15 is 0 Å². The minimum absolute atomic E-state index is 0. The fourth-order valence-electron chi connectivity index (χ4n) is 4.16. The molecule has 3 rings (SSSR count). The van der Waals surface area contributed by atoms with Crippen molar-refractivity contribution >= 4 is 34.3 Å². The predicted molar refractivity (Wildman–Crippen MR) is 146 cm³/mol. The van der Waals surface area contributed by atoms with E-state index in [-0.39, 0.29) is 18.3 Å². The van der Waals surface area contributed by atoms with Gasteiger partial charge in [0.25, 0.3) is 0 Å². The van der Waals surface area contributed by atoms with Crippen LogP contribution in [0.15, 0.2) is 72.3 Å². The second-order valence-corrected chi connectivity index (χ2v) is 8.84. The first-order valence-corrected chi connectivity index (χ1v) is 11.8. The van der Waals surface area contributed by atoms with Crippen LogP contribution in [0.1, 0.15) is 31.9 Å². The van der Waals surface area contributed by atoms with Gasteiger partial charge in [0.1, 0.15) is 14.1 Å². The van der Waals surface area contributed by atoms with Gasteiger partial charge in [0.2, 0.25) is 5.91 Å². The number of hydrogen-bond donors (Lipinski definition) is 1. The van der Waals surface area contributed by atoms with Gasteiger partial charge in [-0.3, -0.25) is 4.79 Å². The molecule has 0 saturated heterocycles. The van der Waals surface area contributed by atoms with E-state index in [1.165, 1.54) is 0 Å². The number of rotatable bonds is 7. The average Bonchev–Trinajstić information content (AvgIpc) is 2.81. The van der Waals surface area contributed by atoms with Crippen molar-refractivity contribution in [1.82, 2.24) is 0 Å². The molecule has 0 bridgehead atoms. The van der Waals surface area contributed by atoms with Crippen LogP contribution in [0, 0.1) is 0 Å². The number of carbonyl (C=O) groups excluding carboxylic acids is 1. The van der Waals surface area contributed by atoms with Gasteiger partial charge in [-0.05, 0) is 67.0 Å². The van der Waals surface area contributed by atoms with Crippen LogP contribution in [0.5, 0.6) is 0 Å². The molecule has 1 N–H and O–H groups in total. The summed E-state index contributed by atoms with van der Waals surface area (Å²) in [5.41, 5.74) is 8.50. The average molecular weight is 493 g/mol. The highest BCUT2D eigenvalue weighted by Crippen LogP contribution is 2.37. The third-order valence-electron chi connectivity index (χ3n) is 6.06. The number of allylic oxidation sites excluding steroid dienone is 5. The smallest absolute Gasteiger partial charge is 0.221 e. The molecule has 0 heterocycles. The minimum Gasteiger partial charge on any atom is -1.00 e. The molecule has 5 nitrogen and oxygen atoms in total. The Labute approximate surface area is 216 Å². The molecule has 1 amide bonds. The van der Waals surface area contributed by atoms with Gasteiger partial charge in [-0.15, -0.1) is 0 Å². The van der Waals surface area contributed by atoms with Crippen LogP contribution in [-0.4, -0.2) is 57.5 Å². The summed E-state index contributed by atoms with van der Waals surface area (Å²) in [7, 11) is 8.17. The number of benzene rings is 2. The minimum atomic E-state index is -0.0804. The molecule has 0 atom stereocenters. The molecule has 2 aromatic carbocycles. The first-order chi connectivity index (χ1) is 16.2. The van der Waals surface area contributed by atoms with Crippen LogP contribution in [-0.2, 0) is 4.79 Å². The quantitative estimate of drug-likeness (QED) is 0.602.